The molecule has 0 saturated carbocycles. The van der Waals surface area contributed by atoms with Crippen LogP contribution in [0.2, 0.25) is 0 Å². The van der Waals surface area contributed by atoms with Crippen LogP contribution in [0.1, 0.15) is 23.1 Å². The number of aromatic amines is 1. The maximum atomic E-state index is 12.9. The van der Waals surface area contributed by atoms with E-state index in [0.29, 0.717) is 11.9 Å². The third kappa shape index (κ3) is 5.20. The van der Waals surface area contributed by atoms with Crippen molar-refractivity contribution in [3.8, 4) is 0 Å². The fraction of sp³-hybridized carbons (Fsp3) is 0.125. The molecule has 0 spiro atoms. The Morgan fingerprint density at radius 3 is 2.36 bits per heavy atom. The number of para-hydroxylation sites is 2. The number of benzene rings is 2. The zero-order chi connectivity index (χ0) is 23.4. The third-order valence-corrected chi connectivity index (χ3v) is 5.13. The first-order valence-corrected chi connectivity index (χ1v) is 10.1. The molecule has 168 valence electrons. The van der Waals surface area contributed by atoms with Crippen LogP contribution in [0.3, 0.4) is 0 Å². The smallest absolute Gasteiger partial charge is 0.416 e. The summed E-state index contributed by atoms with van der Waals surface area (Å²) in [6.45, 7) is 0. The van der Waals surface area contributed by atoms with Gasteiger partial charge in [0.2, 0.25) is 5.95 Å². The predicted octanol–water partition coefficient (Wildman–Crippen LogP) is 5.86. The summed E-state index contributed by atoms with van der Waals surface area (Å²) in [5, 5.41) is 22.2. The summed E-state index contributed by atoms with van der Waals surface area (Å²) < 4.78 is 38.8. The molecule has 0 radical (unpaired) electrons. The molecular weight excluding hydrogens is 431 g/mol. The number of imidazole rings is 1. The van der Waals surface area contributed by atoms with Crippen molar-refractivity contribution in [1.82, 2.24) is 15.0 Å². The van der Waals surface area contributed by atoms with Crippen molar-refractivity contribution in [2.24, 2.45) is 0 Å². The number of hydrogen-bond donors (Lipinski definition) is 4. The van der Waals surface area contributed by atoms with Gasteiger partial charge in [-0.05, 0) is 60.4 Å². The number of halogens is 3. The molecule has 4 N–H and O–H groups in total. The highest BCUT2D eigenvalue weighted by molar-refractivity contribution is 6.11. The van der Waals surface area contributed by atoms with Crippen molar-refractivity contribution in [3.63, 3.8) is 0 Å². The first-order valence-electron chi connectivity index (χ1n) is 10.1. The second-order valence-corrected chi connectivity index (χ2v) is 7.36. The molecule has 9 heteroatoms. The van der Waals surface area contributed by atoms with Crippen molar-refractivity contribution in [2.75, 3.05) is 5.32 Å². The molecule has 0 fully saturated rings. The molecule has 2 aromatic heterocycles. The number of aliphatic hydroxyl groups is 1. The van der Waals surface area contributed by atoms with E-state index in [-0.39, 0.29) is 35.1 Å². The minimum Gasteiger partial charge on any atom is -0.494 e. The normalized spacial score (nSPS) is 12.5. The van der Waals surface area contributed by atoms with E-state index in [4.69, 9.17) is 5.41 Å². The molecule has 6 nitrogen and oxygen atoms in total. The second-order valence-electron chi connectivity index (χ2n) is 7.36. The van der Waals surface area contributed by atoms with Crippen LogP contribution in [0.25, 0.3) is 11.0 Å². The predicted molar refractivity (Wildman–Crippen MR) is 120 cm³/mol. The van der Waals surface area contributed by atoms with Gasteiger partial charge < -0.3 is 10.1 Å². The molecule has 4 aromatic rings. The Hall–Kier alpha value is -4.14. The second kappa shape index (κ2) is 9.15. The molecule has 0 saturated heterocycles. The fourth-order valence-electron chi connectivity index (χ4n) is 3.38. The number of nitrogens with zero attached hydrogens (tertiary/aromatic N) is 2. The van der Waals surface area contributed by atoms with Gasteiger partial charge in [-0.2, -0.15) is 13.2 Å². The van der Waals surface area contributed by atoms with Gasteiger partial charge in [-0.1, -0.05) is 24.3 Å². The van der Waals surface area contributed by atoms with Crippen LogP contribution in [-0.2, 0) is 12.6 Å². The Bertz CT molecular complexity index is 1260. The van der Waals surface area contributed by atoms with Gasteiger partial charge >= 0.3 is 6.18 Å². The number of alkyl halides is 3. The lowest BCUT2D eigenvalue weighted by Crippen LogP contribution is -2.14. The van der Waals surface area contributed by atoms with E-state index in [9.17, 15) is 18.3 Å². The van der Waals surface area contributed by atoms with E-state index in [2.05, 4.69) is 20.3 Å². The largest absolute Gasteiger partial charge is 0.494 e. The van der Waals surface area contributed by atoms with Crippen LogP contribution in [-0.4, -0.2) is 25.8 Å². The quantitative estimate of drug-likeness (QED) is 0.209. The standard InChI is InChI=1S/C24H20F3N5O/c25-24(26,27)17-8-6-16(7-9-17)21(28)18(10-5-15-11-13-29-14-12-15)22(33)32-23-30-19-3-1-2-4-20(19)31-23/h1-4,6-9,11-14,28,33H,5,10H2,(H2,30,31,32)/b22-18+,28-21?. The first-order chi connectivity index (χ1) is 15.8. The van der Waals surface area contributed by atoms with E-state index in [0.717, 1.165) is 23.2 Å². The zero-order valence-corrected chi connectivity index (χ0v) is 17.3. The maximum absolute atomic E-state index is 12.9. The van der Waals surface area contributed by atoms with Gasteiger partial charge in [-0.15, -0.1) is 0 Å². The lowest BCUT2D eigenvalue weighted by Gasteiger charge is -2.14. The Kier molecular flexibility index (Phi) is 6.12. The number of allylic oxidation sites excluding steroid dienone is 1. The number of hydrogen-bond acceptors (Lipinski definition) is 5. The summed E-state index contributed by atoms with van der Waals surface area (Å²) in [6.07, 6.45) is -0.416. The molecule has 2 heterocycles. The molecule has 0 atom stereocenters. The molecular formula is C24H20F3N5O. The minimum atomic E-state index is -4.47. The Morgan fingerprint density at radius 2 is 1.70 bits per heavy atom. The van der Waals surface area contributed by atoms with Gasteiger partial charge in [0.05, 0.1) is 22.3 Å². The average Bonchev–Trinajstić information content (AvgIpc) is 3.21. The van der Waals surface area contributed by atoms with Crippen LogP contribution in [0.4, 0.5) is 19.1 Å². The van der Waals surface area contributed by atoms with Crippen LogP contribution in [0.5, 0.6) is 0 Å². The van der Waals surface area contributed by atoms with Crippen molar-refractivity contribution in [1.29, 1.82) is 5.41 Å². The number of nitrogens with one attached hydrogen (secondary N) is 3. The third-order valence-electron chi connectivity index (χ3n) is 5.13. The maximum Gasteiger partial charge on any atom is 0.416 e. The molecule has 2 aromatic carbocycles. The molecule has 0 aliphatic carbocycles. The average molecular weight is 451 g/mol. The summed E-state index contributed by atoms with van der Waals surface area (Å²) in [4.78, 5) is 11.4. The van der Waals surface area contributed by atoms with Gasteiger partial charge in [0.1, 0.15) is 0 Å². The molecule has 0 amide bonds. The SMILES string of the molecule is N=C(/C(CCc1ccncc1)=C(/O)Nc1nc2ccccc2[nH]1)c1ccc(C(F)(F)F)cc1. The molecule has 4 rings (SSSR count). The fourth-order valence-corrected chi connectivity index (χ4v) is 3.38. The van der Waals surface area contributed by atoms with Crippen LogP contribution in [0.15, 0.2) is 84.5 Å². The topological polar surface area (TPSA) is 97.7 Å². The number of H-pyrrole nitrogens is 1. The van der Waals surface area contributed by atoms with E-state index >= 15 is 0 Å². The number of aliphatic hydroxyl groups excluding tert-OH is 1. The van der Waals surface area contributed by atoms with Gasteiger partial charge in [-0.3, -0.25) is 15.7 Å². The summed E-state index contributed by atoms with van der Waals surface area (Å²) in [5.41, 5.74) is 2.02. The molecule has 33 heavy (non-hydrogen) atoms. The molecule has 0 aliphatic rings. The minimum absolute atomic E-state index is 0.0844. The summed E-state index contributed by atoms with van der Waals surface area (Å²) in [6, 6.07) is 15.3. The lowest BCUT2D eigenvalue weighted by atomic mass is 9.96. The van der Waals surface area contributed by atoms with E-state index in [1.54, 1.807) is 12.4 Å². The van der Waals surface area contributed by atoms with Crippen molar-refractivity contribution in [2.45, 2.75) is 19.0 Å². The molecule has 0 aliphatic heterocycles. The highest BCUT2D eigenvalue weighted by Crippen LogP contribution is 2.30. The Balaban J connectivity index is 1.64. The highest BCUT2D eigenvalue weighted by Gasteiger charge is 2.30. The van der Waals surface area contributed by atoms with Crippen molar-refractivity contribution < 1.29 is 18.3 Å². The number of aromatic nitrogens is 3. The Morgan fingerprint density at radius 1 is 1.00 bits per heavy atom. The number of rotatable bonds is 7. The molecule has 0 unspecified atom stereocenters. The number of fused-ring (bicyclic) bond motifs is 1. The first kappa shape index (κ1) is 22.1. The van der Waals surface area contributed by atoms with E-state index in [1.807, 2.05) is 36.4 Å². The monoisotopic (exact) mass is 451 g/mol. The van der Waals surface area contributed by atoms with Crippen LogP contribution in [0, 0.1) is 5.41 Å². The highest BCUT2D eigenvalue weighted by atomic mass is 19.4. The summed E-state index contributed by atoms with van der Waals surface area (Å²) in [7, 11) is 0. The lowest BCUT2D eigenvalue weighted by molar-refractivity contribution is -0.137. The van der Waals surface area contributed by atoms with Crippen molar-refractivity contribution in [3.05, 3.63) is 101 Å². The number of anilines is 1. The summed E-state index contributed by atoms with van der Waals surface area (Å²) >= 11 is 0. The summed E-state index contributed by atoms with van der Waals surface area (Å²) in [5.74, 6) is -0.0108. The van der Waals surface area contributed by atoms with Gasteiger partial charge in [-0.25, -0.2) is 4.98 Å². The van der Waals surface area contributed by atoms with E-state index < -0.39 is 11.7 Å². The number of pyridine rings is 1. The Labute approximate surface area is 187 Å². The van der Waals surface area contributed by atoms with Gasteiger partial charge in [0.15, 0.2) is 5.88 Å². The van der Waals surface area contributed by atoms with Crippen LogP contribution >= 0.6 is 0 Å². The number of aryl methyl sites for hydroxylation is 1. The molecule has 0 bridgehead atoms. The van der Waals surface area contributed by atoms with Gasteiger partial charge in [0.25, 0.3) is 0 Å². The van der Waals surface area contributed by atoms with Crippen molar-refractivity contribution >= 4 is 22.7 Å². The van der Waals surface area contributed by atoms with Crippen LogP contribution < -0.4 is 5.32 Å². The zero-order valence-electron chi connectivity index (χ0n) is 17.3. The van der Waals surface area contributed by atoms with Gasteiger partial charge in [0, 0.05) is 18.0 Å². The van der Waals surface area contributed by atoms with E-state index in [1.165, 1.54) is 12.1 Å².